The standard InChI is InChI=1S/C30H36F5N6O6P.C21H14F8N6O2/c1-27(2,3)46-48(42,47-28(4,5)6)45-18-43-29(7,30(33,34)35)17-37-25-21(32)15-36-26(38-25)23-14-24(22-12-13-44-40-22)41(39-23)16-19-10-8-9-11-20(19)31;22-12-4-2-1-3-11(12)9-35-16(14-5-6-37-34-14)7-15(33-35)18-30-8-13(23)17(32-18)31-10-19(36,20(24,25)26)21(27,28)29/h8-15H,16-18H2,1-7H3,(H,36,37,38);1-8,36H,9-10H2,(H,30,31,32). The summed E-state index contributed by atoms with van der Waals surface area (Å²) in [5.74, 6) is -5.68. The van der Waals surface area contributed by atoms with Crippen molar-refractivity contribution in [2.24, 2.45) is 0 Å². The minimum atomic E-state index is -6.12. The molecule has 1 unspecified atom stereocenters. The van der Waals surface area contributed by atoms with E-state index >= 15 is 0 Å². The van der Waals surface area contributed by atoms with Crippen LogP contribution >= 0.6 is 7.82 Å². The van der Waals surface area contributed by atoms with Crippen LogP contribution in [0.3, 0.4) is 0 Å². The zero-order valence-electron chi connectivity index (χ0n) is 45.4. The van der Waals surface area contributed by atoms with Gasteiger partial charge in [0, 0.05) is 23.3 Å². The molecule has 458 valence electrons. The van der Waals surface area contributed by atoms with Gasteiger partial charge in [-0.1, -0.05) is 46.7 Å². The molecule has 20 nitrogen and oxygen atoms in total. The molecule has 1 atom stereocenters. The molecule has 34 heteroatoms. The minimum absolute atomic E-state index is 0.0287. The van der Waals surface area contributed by atoms with Crippen LogP contribution in [-0.2, 0) is 36.0 Å². The average Bonchev–Trinajstić information content (AvgIpc) is 1.87. The second-order valence-corrected chi connectivity index (χ2v) is 21.9. The molecule has 8 aromatic rings. The van der Waals surface area contributed by atoms with E-state index in [-0.39, 0.29) is 47.3 Å². The smallest absolute Gasteiger partial charge is 0.372 e. The number of nitrogens with zero attached hydrogens (tertiary/aromatic N) is 10. The van der Waals surface area contributed by atoms with Crippen LogP contribution in [0.1, 0.15) is 59.6 Å². The topological polar surface area (TPSA) is 238 Å². The fourth-order valence-corrected chi connectivity index (χ4v) is 8.89. The van der Waals surface area contributed by atoms with E-state index in [0.29, 0.717) is 30.1 Å². The molecule has 85 heavy (non-hydrogen) atoms. The fraction of sp³-hybridized carbons (Fsp3) is 0.373. The molecule has 0 aliphatic rings. The van der Waals surface area contributed by atoms with Gasteiger partial charge < -0.3 is 29.5 Å². The maximum atomic E-state index is 14.8. The van der Waals surface area contributed by atoms with Crippen LogP contribution < -0.4 is 10.6 Å². The number of ether oxygens (including phenoxy) is 1. The summed E-state index contributed by atoms with van der Waals surface area (Å²) < 4.78 is 225. The highest BCUT2D eigenvalue weighted by atomic mass is 31.2. The largest absolute Gasteiger partial charge is 0.477 e. The maximum absolute atomic E-state index is 14.8. The summed E-state index contributed by atoms with van der Waals surface area (Å²) in [6.45, 7) is 5.54. The molecular weight excluding hydrogens is 1190 g/mol. The Labute approximate surface area is 473 Å². The van der Waals surface area contributed by atoms with Crippen molar-refractivity contribution in [2.45, 2.75) is 102 Å². The number of aromatic nitrogens is 10. The molecular formula is C51H50F13N12O8P. The number of hydrogen-bond acceptors (Lipinski definition) is 18. The highest BCUT2D eigenvalue weighted by Crippen LogP contribution is 2.55. The summed E-state index contributed by atoms with van der Waals surface area (Å²) in [6.07, 6.45) is -13.4. The number of halogens is 13. The summed E-state index contributed by atoms with van der Waals surface area (Å²) in [5, 5.41) is 29.5. The maximum Gasteiger partial charge on any atom is 0.477 e. The Kier molecular flexibility index (Phi) is 19.0. The van der Waals surface area contributed by atoms with Crippen molar-refractivity contribution >= 4 is 19.5 Å². The van der Waals surface area contributed by atoms with Gasteiger partial charge in [-0.15, -0.1) is 0 Å². The summed E-state index contributed by atoms with van der Waals surface area (Å²) in [5.41, 5.74) is -8.51. The van der Waals surface area contributed by atoms with Crippen LogP contribution in [-0.4, -0.2) is 116 Å². The molecule has 0 bridgehead atoms. The number of nitrogens with one attached hydrogen (secondary N) is 2. The van der Waals surface area contributed by atoms with Crippen molar-refractivity contribution in [2.75, 3.05) is 30.5 Å². The molecule has 0 aliphatic carbocycles. The quantitative estimate of drug-likeness (QED) is 0.0365. The van der Waals surface area contributed by atoms with Gasteiger partial charge in [-0.25, -0.2) is 42.1 Å². The molecule has 8 rings (SSSR count). The molecule has 0 fully saturated rings. The van der Waals surface area contributed by atoms with E-state index in [9.17, 15) is 66.7 Å². The number of benzene rings is 2. The SMILES string of the molecule is CC(C)(C)OP(=O)(OCOC(C)(CNc1nc(-c2cc(-c3ccon3)n(Cc3ccccc3F)n2)ncc1F)C(F)(F)F)OC(C)(C)C.OC(CNc1nc(-c2cc(-c3ccon3)n(Cc3ccccc3F)n2)ncc1F)(C(F)(F)F)C(F)(F)F. The first-order valence-electron chi connectivity index (χ1n) is 24.7. The normalized spacial score (nSPS) is 13.6. The number of phosphoric ester groups is 1. The predicted octanol–water partition coefficient (Wildman–Crippen LogP) is 12.4. The lowest BCUT2D eigenvalue weighted by atomic mass is 10.0. The number of phosphoric acid groups is 1. The van der Waals surface area contributed by atoms with E-state index in [1.54, 1.807) is 71.1 Å². The van der Waals surface area contributed by atoms with Crippen molar-refractivity contribution in [3.63, 3.8) is 0 Å². The molecule has 0 radical (unpaired) electrons. The van der Waals surface area contributed by atoms with Crippen molar-refractivity contribution in [1.29, 1.82) is 0 Å². The van der Waals surface area contributed by atoms with E-state index in [2.05, 4.69) is 45.8 Å². The second-order valence-electron chi connectivity index (χ2n) is 20.4. The summed E-state index contributed by atoms with van der Waals surface area (Å²) in [7, 11) is -4.41. The van der Waals surface area contributed by atoms with Crippen LogP contribution in [0.4, 0.5) is 68.7 Å². The average molecular weight is 1240 g/mol. The van der Waals surface area contributed by atoms with E-state index < -0.39 is 109 Å². The monoisotopic (exact) mass is 1240 g/mol. The van der Waals surface area contributed by atoms with Crippen molar-refractivity contribution in [3.8, 4) is 45.8 Å². The molecule has 3 N–H and O–H groups in total. The lowest BCUT2D eigenvalue weighted by Gasteiger charge is -2.34. The molecule has 0 aliphatic heterocycles. The Morgan fingerprint density at radius 3 is 1.34 bits per heavy atom. The molecule has 0 amide bonds. The van der Waals surface area contributed by atoms with Gasteiger partial charge >= 0.3 is 26.4 Å². The fourth-order valence-electron chi connectivity index (χ4n) is 7.22. The molecule has 2 aromatic carbocycles. The van der Waals surface area contributed by atoms with Crippen molar-refractivity contribution in [3.05, 3.63) is 132 Å². The van der Waals surface area contributed by atoms with Crippen molar-refractivity contribution < 1.29 is 94.1 Å². The van der Waals surface area contributed by atoms with Gasteiger partial charge in [-0.2, -0.15) is 49.7 Å². The lowest BCUT2D eigenvalue weighted by molar-refractivity contribution is -0.362. The highest BCUT2D eigenvalue weighted by molar-refractivity contribution is 7.48. The van der Waals surface area contributed by atoms with Gasteiger partial charge in [0.05, 0.1) is 61.2 Å². The molecule has 0 saturated heterocycles. The van der Waals surface area contributed by atoms with Crippen LogP contribution in [0.2, 0.25) is 0 Å². The minimum Gasteiger partial charge on any atom is -0.372 e. The van der Waals surface area contributed by atoms with Crippen LogP contribution in [0.5, 0.6) is 0 Å². The Hall–Kier alpha value is -7.84. The number of anilines is 2. The van der Waals surface area contributed by atoms with Crippen molar-refractivity contribution in [1.82, 2.24) is 49.8 Å². The number of hydrogen-bond donors (Lipinski definition) is 3. The van der Waals surface area contributed by atoms with Gasteiger partial charge in [0.1, 0.15) is 46.9 Å². The third kappa shape index (κ3) is 16.1. The van der Waals surface area contributed by atoms with Gasteiger partial charge in [0.25, 0.3) is 5.60 Å². The molecule has 0 saturated carbocycles. The zero-order valence-corrected chi connectivity index (χ0v) is 46.3. The van der Waals surface area contributed by atoms with Gasteiger partial charge in [-0.3, -0.25) is 22.9 Å². The van der Waals surface area contributed by atoms with E-state index in [1.807, 2.05) is 0 Å². The van der Waals surface area contributed by atoms with Crippen LogP contribution in [0.15, 0.2) is 107 Å². The third-order valence-electron chi connectivity index (χ3n) is 11.5. The first-order valence-corrected chi connectivity index (χ1v) is 26.1. The van der Waals surface area contributed by atoms with E-state index in [4.69, 9.17) is 27.4 Å². The Morgan fingerprint density at radius 1 is 0.565 bits per heavy atom. The Morgan fingerprint density at radius 2 is 0.976 bits per heavy atom. The summed E-state index contributed by atoms with van der Waals surface area (Å²) >= 11 is 0. The Bertz CT molecular complexity index is 3560. The van der Waals surface area contributed by atoms with E-state index in [0.717, 1.165) is 6.20 Å². The first kappa shape index (κ1) is 64.7. The lowest BCUT2D eigenvalue weighted by Crippen LogP contribution is -2.61. The molecule has 0 spiro atoms. The number of alkyl halides is 9. The molecule has 6 aromatic heterocycles. The number of aliphatic hydroxyl groups is 1. The number of rotatable bonds is 20. The van der Waals surface area contributed by atoms with E-state index in [1.165, 1.54) is 70.4 Å². The highest BCUT2D eigenvalue weighted by Gasteiger charge is 2.70. The van der Waals surface area contributed by atoms with Gasteiger partial charge in [0.2, 0.25) is 0 Å². The first-order chi connectivity index (χ1) is 39.5. The summed E-state index contributed by atoms with van der Waals surface area (Å²) in [6, 6.07) is 17.6. The van der Waals surface area contributed by atoms with Gasteiger partial charge in [-0.05, 0) is 72.7 Å². The second kappa shape index (κ2) is 25.0. The third-order valence-corrected chi connectivity index (χ3v) is 13.4. The predicted molar refractivity (Wildman–Crippen MR) is 273 cm³/mol. The van der Waals surface area contributed by atoms with Crippen LogP contribution in [0, 0.1) is 23.3 Å². The van der Waals surface area contributed by atoms with Crippen LogP contribution in [0.25, 0.3) is 45.8 Å². The zero-order chi connectivity index (χ0) is 62.6. The van der Waals surface area contributed by atoms with Gasteiger partial charge in [0.15, 0.2) is 47.3 Å². The summed E-state index contributed by atoms with van der Waals surface area (Å²) in [4.78, 5) is 15.3. The molecule has 6 heterocycles. The Balaban J connectivity index is 0.000000252.